The van der Waals surface area contributed by atoms with Crippen molar-refractivity contribution in [1.29, 1.82) is 0 Å². The number of ether oxygens (including phenoxy) is 2. The molecule has 5 amide bonds. The van der Waals surface area contributed by atoms with E-state index in [0.717, 1.165) is 74.5 Å². The molecule has 0 spiro atoms. The highest BCUT2D eigenvalue weighted by molar-refractivity contribution is 6.07. The molecule has 13 nitrogen and oxygen atoms in total. The van der Waals surface area contributed by atoms with Gasteiger partial charge in [0.25, 0.3) is 11.8 Å². The molecule has 334 valence electrons. The molecule has 2 N–H and O–H groups in total. The third-order valence-corrected chi connectivity index (χ3v) is 12.2. The number of piperazine rings is 1. The molecule has 3 fully saturated rings. The highest BCUT2D eigenvalue weighted by Crippen LogP contribution is 2.35. The first-order chi connectivity index (χ1) is 30.8. The normalized spacial score (nSPS) is 17.3. The number of hydrogen-bond donors (Lipinski definition) is 2. The molecule has 64 heavy (non-hydrogen) atoms. The number of carbonyl (C=O) groups excluding carboxylic acids is 4. The molecule has 3 saturated heterocycles. The summed E-state index contributed by atoms with van der Waals surface area (Å²) < 4.78 is 50.4. The molecule has 1 atom stereocenters. The van der Waals surface area contributed by atoms with Crippen LogP contribution in [0.1, 0.15) is 69.9 Å². The minimum absolute atomic E-state index is 0.101. The Morgan fingerprint density at radius 3 is 2.28 bits per heavy atom. The van der Waals surface area contributed by atoms with Gasteiger partial charge in [-0.1, -0.05) is 18.2 Å². The summed E-state index contributed by atoms with van der Waals surface area (Å²) >= 11 is 0. The van der Waals surface area contributed by atoms with Gasteiger partial charge in [0.1, 0.15) is 17.2 Å². The van der Waals surface area contributed by atoms with Crippen LogP contribution >= 0.6 is 0 Å². The fourth-order valence-electron chi connectivity index (χ4n) is 8.57. The molecule has 0 saturated carbocycles. The summed E-state index contributed by atoms with van der Waals surface area (Å²) in [5, 5.41) is 6.86. The number of anilines is 1. The lowest BCUT2D eigenvalue weighted by molar-refractivity contribution is -0.137. The maximum absolute atomic E-state index is 13.6. The van der Waals surface area contributed by atoms with Crippen LogP contribution in [0.5, 0.6) is 17.2 Å². The van der Waals surface area contributed by atoms with Crippen molar-refractivity contribution >= 4 is 40.2 Å². The fraction of sp³-hybridized carbons (Fsp3) is 0.354. The molecule has 0 radical (unpaired) electrons. The van der Waals surface area contributed by atoms with Crippen LogP contribution in [-0.4, -0.2) is 103 Å². The van der Waals surface area contributed by atoms with Crippen LogP contribution in [0, 0.1) is 5.92 Å². The molecule has 8 rings (SSSR count). The largest absolute Gasteiger partial charge is 0.495 e. The number of benzene rings is 4. The van der Waals surface area contributed by atoms with Gasteiger partial charge < -0.3 is 19.7 Å². The van der Waals surface area contributed by atoms with E-state index in [9.17, 15) is 32.3 Å². The van der Waals surface area contributed by atoms with Gasteiger partial charge in [0, 0.05) is 68.7 Å². The van der Waals surface area contributed by atoms with Crippen molar-refractivity contribution < 1.29 is 41.8 Å². The molecule has 3 aliphatic heterocycles. The summed E-state index contributed by atoms with van der Waals surface area (Å²) in [6.45, 7) is 8.46. The number of methoxy groups -OCH3 is 1. The SMILES string of the molecule is COc1ccc(C(=O)N2CCN(CC3CCN(Cc4cccc([C@H](C)NC(=O)c5ccc6c(Oc7ccc(C(F)(F)F)cc7)cccc6c5)n4)CC3)CC2)cc1N1CCC(=O)NC1=O. The molecule has 0 unspecified atom stereocenters. The third kappa shape index (κ3) is 10.3. The minimum atomic E-state index is -4.43. The van der Waals surface area contributed by atoms with E-state index in [1.54, 1.807) is 48.5 Å². The fourth-order valence-corrected chi connectivity index (χ4v) is 8.57. The molecule has 0 aliphatic carbocycles. The second-order valence-corrected chi connectivity index (χ2v) is 16.5. The van der Waals surface area contributed by atoms with E-state index in [2.05, 4.69) is 20.4 Å². The number of fused-ring (bicyclic) bond motifs is 1. The maximum atomic E-state index is 13.6. The standard InChI is InChI=1S/C48H50F3N7O6/c1-31(52-45(60)34-9-15-39-33(27-34)5-3-8-42(39)64-38-13-11-36(12-14-38)48(49,50)51)40-7-4-6-37(53-40)30-55-20-17-32(18-21-55)29-56-23-25-57(26-24-56)46(61)35-10-16-43(63-2)41(28-35)58-22-19-44(59)54-47(58)62/h3-16,27-28,31-32H,17-26,29-30H2,1-2H3,(H,52,60)(H,54,59,62)/t31-/m0/s1. The molecular formula is C48H50F3N7O6. The van der Waals surface area contributed by atoms with E-state index in [1.807, 2.05) is 36.1 Å². The van der Waals surface area contributed by atoms with Crippen LogP contribution in [0.25, 0.3) is 10.8 Å². The van der Waals surface area contributed by atoms with Gasteiger partial charge in [0.2, 0.25) is 5.91 Å². The number of halogens is 3. The second-order valence-electron chi connectivity index (χ2n) is 16.5. The van der Waals surface area contributed by atoms with Crippen molar-refractivity contribution in [2.45, 2.75) is 44.9 Å². The molecule has 1 aromatic heterocycles. The van der Waals surface area contributed by atoms with Crippen LogP contribution in [-0.2, 0) is 17.5 Å². The molecule has 4 aromatic carbocycles. The number of nitrogens with zero attached hydrogens (tertiary/aromatic N) is 5. The molecular weight excluding hydrogens is 828 g/mol. The lowest BCUT2D eigenvalue weighted by Gasteiger charge is -2.39. The summed E-state index contributed by atoms with van der Waals surface area (Å²) in [5.74, 6) is 1.04. The highest BCUT2D eigenvalue weighted by Gasteiger charge is 2.31. The quantitative estimate of drug-likeness (QED) is 0.130. The zero-order chi connectivity index (χ0) is 45.0. The van der Waals surface area contributed by atoms with Crippen LogP contribution < -0.4 is 25.0 Å². The van der Waals surface area contributed by atoms with Gasteiger partial charge in [-0.3, -0.25) is 39.4 Å². The van der Waals surface area contributed by atoms with Crippen LogP contribution in [0.2, 0.25) is 0 Å². The maximum Gasteiger partial charge on any atom is 0.416 e. The zero-order valence-electron chi connectivity index (χ0n) is 35.7. The number of pyridine rings is 1. The number of amides is 5. The molecule has 5 aromatic rings. The second kappa shape index (κ2) is 19.1. The average Bonchev–Trinajstić information content (AvgIpc) is 3.29. The lowest BCUT2D eigenvalue weighted by Crippen LogP contribution is -2.51. The number of alkyl halides is 3. The number of nitrogens with one attached hydrogen (secondary N) is 2. The monoisotopic (exact) mass is 877 g/mol. The molecule has 16 heteroatoms. The van der Waals surface area contributed by atoms with Crippen molar-refractivity contribution in [3.8, 4) is 17.2 Å². The Balaban J connectivity index is 0.789. The highest BCUT2D eigenvalue weighted by atomic mass is 19.4. The van der Waals surface area contributed by atoms with E-state index in [4.69, 9.17) is 14.5 Å². The number of carbonyl (C=O) groups is 4. The summed E-state index contributed by atoms with van der Waals surface area (Å²) in [6, 6.07) is 25.2. The van der Waals surface area contributed by atoms with E-state index < -0.39 is 17.8 Å². The van der Waals surface area contributed by atoms with Crippen LogP contribution in [0.3, 0.4) is 0 Å². The Morgan fingerprint density at radius 2 is 1.56 bits per heavy atom. The summed E-state index contributed by atoms with van der Waals surface area (Å²) in [5.41, 5.74) is 2.31. The van der Waals surface area contributed by atoms with E-state index in [0.29, 0.717) is 59.3 Å². The van der Waals surface area contributed by atoms with Gasteiger partial charge in [-0.25, -0.2) is 4.79 Å². The van der Waals surface area contributed by atoms with E-state index in [-0.39, 0.29) is 42.5 Å². The number of imide groups is 1. The predicted octanol–water partition coefficient (Wildman–Crippen LogP) is 7.66. The van der Waals surface area contributed by atoms with Gasteiger partial charge in [-0.2, -0.15) is 13.2 Å². The van der Waals surface area contributed by atoms with Gasteiger partial charge in [-0.05, 0) is 123 Å². The van der Waals surface area contributed by atoms with Gasteiger partial charge >= 0.3 is 12.2 Å². The van der Waals surface area contributed by atoms with Crippen LogP contribution in [0.15, 0.2) is 97.1 Å². The Kier molecular flexibility index (Phi) is 13.1. The Bertz CT molecular complexity index is 2520. The molecule has 3 aliphatic rings. The average molecular weight is 878 g/mol. The number of hydrogen-bond acceptors (Lipinski definition) is 9. The lowest BCUT2D eigenvalue weighted by atomic mass is 9.95. The van der Waals surface area contributed by atoms with Gasteiger partial charge in [0.15, 0.2) is 0 Å². The summed E-state index contributed by atoms with van der Waals surface area (Å²) in [6.07, 6.45) is -2.15. The van der Waals surface area contributed by atoms with Gasteiger partial charge in [-0.15, -0.1) is 0 Å². The predicted molar refractivity (Wildman–Crippen MR) is 234 cm³/mol. The van der Waals surface area contributed by atoms with Crippen LogP contribution in [0.4, 0.5) is 23.7 Å². The Morgan fingerprint density at radius 1 is 0.828 bits per heavy atom. The minimum Gasteiger partial charge on any atom is -0.495 e. The first kappa shape index (κ1) is 44.1. The number of aromatic nitrogens is 1. The Hall–Kier alpha value is -6.52. The topological polar surface area (TPSA) is 137 Å². The van der Waals surface area contributed by atoms with Crippen molar-refractivity contribution in [2.24, 2.45) is 5.92 Å². The summed E-state index contributed by atoms with van der Waals surface area (Å²) in [4.78, 5) is 64.3. The first-order valence-corrected chi connectivity index (χ1v) is 21.5. The number of urea groups is 1. The molecule has 4 heterocycles. The van der Waals surface area contributed by atoms with Gasteiger partial charge in [0.05, 0.1) is 35.8 Å². The van der Waals surface area contributed by atoms with Crippen molar-refractivity contribution in [3.05, 3.63) is 125 Å². The zero-order valence-corrected chi connectivity index (χ0v) is 35.7. The number of piperidine rings is 1. The Labute approximate surface area is 369 Å². The smallest absolute Gasteiger partial charge is 0.416 e. The first-order valence-electron chi connectivity index (χ1n) is 21.5. The van der Waals surface area contributed by atoms with E-state index >= 15 is 0 Å². The van der Waals surface area contributed by atoms with Crippen molar-refractivity contribution in [2.75, 3.05) is 64.4 Å². The van der Waals surface area contributed by atoms with Crippen molar-refractivity contribution in [3.63, 3.8) is 0 Å². The number of rotatable bonds is 12. The third-order valence-electron chi connectivity index (χ3n) is 12.2. The summed E-state index contributed by atoms with van der Waals surface area (Å²) in [7, 11) is 1.50. The molecule has 0 bridgehead atoms. The van der Waals surface area contributed by atoms with Crippen molar-refractivity contribution in [1.82, 2.24) is 30.3 Å². The van der Waals surface area contributed by atoms with E-state index in [1.165, 1.54) is 24.1 Å². The number of likely N-dealkylation sites (tertiary alicyclic amines) is 1.